The number of ether oxygens (including phenoxy) is 1. The molecule has 118 valence electrons. The maximum atomic E-state index is 12.8. The van der Waals surface area contributed by atoms with E-state index < -0.39 is 5.54 Å². The molecule has 0 bridgehead atoms. The average Bonchev–Trinajstić information content (AvgIpc) is 3.02. The Kier molecular flexibility index (Phi) is 4.20. The van der Waals surface area contributed by atoms with Gasteiger partial charge in [-0.2, -0.15) is 0 Å². The van der Waals surface area contributed by atoms with Crippen molar-refractivity contribution in [1.29, 1.82) is 0 Å². The van der Waals surface area contributed by atoms with Crippen molar-refractivity contribution in [1.82, 2.24) is 10.2 Å². The average molecular weight is 294 g/mol. The van der Waals surface area contributed by atoms with E-state index in [9.17, 15) is 9.59 Å². The second-order valence-electron chi connectivity index (χ2n) is 6.61. The summed E-state index contributed by atoms with van der Waals surface area (Å²) in [6.07, 6.45) is 7.63. The quantitative estimate of drug-likeness (QED) is 0.860. The molecule has 1 N–H and O–H groups in total. The van der Waals surface area contributed by atoms with Crippen molar-refractivity contribution in [2.45, 2.75) is 76.0 Å². The normalized spacial score (nSPS) is 32.5. The zero-order valence-corrected chi connectivity index (χ0v) is 12.9. The van der Waals surface area contributed by atoms with Gasteiger partial charge < -0.3 is 15.0 Å². The van der Waals surface area contributed by atoms with Crippen LogP contribution in [0.15, 0.2) is 0 Å². The Hall–Kier alpha value is -1.10. The van der Waals surface area contributed by atoms with E-state index in [0.717, 1.165) is 51.6 Å². The lowest BCUT2D eigenvalue weighted by Crippen LogP contribution is -2.71. The highest BCUT2D eigenvalue weighted by Gasteiger charge is 2.52. The molecule has 5 heteroatoms. The predicted molar refractivity (Wildman–Crippen MR) is 78.7 cm³/mol. The highest BCUT2D eigenvalue weighted by atomic mass is 16.5. The molecule has 21 heavy (non-hydrogen) atoms. The van der Waals surface area contributed by atoms with Crippen molar-refractivity contribution in [2.75, 3.05) is 13.2 Å². The van der Waals surface area contributed by atoms with Gasteiger partial charge >= 0.3 is 0 Å². The molecule has 2 amide bonds. The molecule has 0 radical (unpaired) electrons. The van der Waals surface area contributed by atoms with Gasteiger partial charge in [-0.3, -0.25) is 9.59 Å². The van der Waals surface area contributed by atoms with E-state index in [1.807, 2.05) is 11.8 Å². The molecule has 2 aliphatic heterocycles. The summed E-state index contributed by atoms with van der Waals surface area (Å²) in [4.78, 5) is 27.4. The number of amides is 2. The largest absolute Gasteiger partial charge is 0.376 e. The van der Waals surface area contributed by atoms with Gasteiger partial charge in [0.15, 0.2) is 0 Å². The minimum atomic E-state index is -0.604. The van der Waals surface area contributed by atoms with Crippen LogP contribution in [0.1, 0.15) is 58.3 Å². The number of carbonyl (C=O) groups is 2. The van der Waals surface area contributed by atoms with E-state index in [4.69, 9.17) is 4.74 Å². The van der Waals surface area contributed by atoms with Crippen molar-refractivity contribution >= 4 is 11.8 Å². The summed E-state index contributed by atoms with van der Waals surface area (Å²) in [6.45, 7) is 3.32. The first-order chi connectivity index (χ1) is 10.2. The van der Waals surface area contributed by atoms with Gasteiger partial charge in [-0.05, 0) is 32.1 Å². The molecule has 1 aliphatic carbocycles. The molecule has 2 saturated heterocycles. The number of nitrogens with one attached hydrogen (secondary N) is 1. The fourth-order valence-electron chi connectivity index (χ4n) is 4.04. The van der Waals surface area contributed by atoms with Crippen LogP contribution in [0.2, 0.25) is 0 Å². The lowest BCUT2D eigenvalue weighted by atomic mass is 9.77. The molecule has 5 nitrogen and oxygen atoms in total. The van der Waals surface area contributed by atoms with Gasteiger partial charge in [0.05, 0.1) is 6.10 Å². The number of rotatable bonds is 3. The minimum absolute atomic E-state index is 0.0617. The summed E-state index contributed by atoms with van der Waals surface area (Å²) in [5.74, 6) is 0.154. The van der Waals surface area contributed by atoms with Crippen LogP contribution in [0.3, 0.4) is 0 Å². The van der Waals surface area contributed by atoms with E-state index in [1.54, 1.807) is 0 Å². The van der Waals surface area contributed by atoms with Gasteiger partial charge in [0, 0.05) is 13.2 Å². The second-order valence-corrected chi connectivity index (χ2v) is 6.61. The summed E-state index contributed by atoms with van der Waals surface area (Å²) >= 11 is 0. The number of hydrogen-bond acceptors (Lipinski definition) is 3. The Morgan fingerprint density at radius 3 is 2.62 bits per heavy atom. The lowest BCUT2D eigenvalue weighted by molar-refractivity contribution is -0.162. The third-order valence-electron chi connectivity index (χ3n) is 5.31. The standard InChI is InChI=1S/C16H26N2O3/c1-2-13-14(19)18(11-12-7-6-10-21-12)16(15(20)17-13)8-4-3-5-9-16/h12-13H,2-11H2,1H3,(H,17,20). The van der Waals surface area contributed by atoms with Crippen LogP contribution in [-0.2, 0) is 14.3 Å². The van der Waals surface area contributed by atoms with Crippen molar-refractivity contribution in [3.05, 3.63) is 0 Å². The maximum Gasteiger partial charge on any atom is 0.246 e. The Bertz CT molecular complexity index is 412. The smallest absolute Gasteiger partial charge is 0.246 e. The summed E-state index contributed by atoms with van der Waals surface area (Å²) in [7, 11) is 0. The molecule has 1 spiro atoms. The van der Waals surface area contributed by atoms with E-state index in [0.29, 0.717) is 13.0 Å². The number of carbonyl (C=O) groups excluding carboxylic acids is 2. The van der Waals surface area contributed by atoms with E-state index in [1.165, 1.54) is 0 Å². The molecular weight excluding hydrogens is 268 g/mol. The van der Waals surface area contributed by atoms with Crippen LogP contribution in [0.4, 0.5) is 0 Å². The van der Waals surface area contributed by atoms with Crippen LogP contribution in [-0.4, -0.2) is 47.6 Å². The maximum absolute atomic E-state index is 12.8. The first kappa shape index (κ1) is 14.8. The lowest BCUT2D eigenvalue weighted by Gasteiger charge is -2.50. The fourth-order valence-corrected chi connectivity index (χ4v) is 4.04. The number of piperazine rings is 1. The molecule has 1 saturated carbocycles. The molecular formula is C16H26N2O3. The van der Waals surface area contributed by atoms with Gasteiger partial charge in [0.25, 0.3) is 0 Å². The fraction of sp³-hybridized carbons (Fsp3) is 0.875. The van der Waals surface area contributed by atoms with Crippen molar-refractivity contribution in [3.8, 4) is 0 Å². The Morgan fingerprint density at radius 1 is 1.24 bits per heavy atom. The highest BCUT2D eigenvalue weighted by molar-refractivity contribution is 5.99. The zero-order chi connectivity index (χ0) is 14.9. The van der Waals surface area contributed by atoms with Crippen molar-refractivity contribution in [2.24, 2.45) is 0 Å². The number of hydrogen-bond donors (Lipinski definition) is 1. The molecule has 3 rings (SSSR count). The topological polar surface area (TPSA) is 58.6 Å². The first-order valence-electron chi connectivity index (χ1n) is 8.41. The van der Waals surface area contributed by atoms with Crippen LogP contribution in [0.5, 0.6) is 0 Å². The van der Waals surface area contributed by atoms with Gasteiger partial charge in [-0.15, -0.1) is 0 Å². The van der Waals surface area contributed by atoms with Crippen molar-refractivity contribution in [3.63, 3.8) is 0 Å². The molecule has 3 aliphatic rings. The van der Waals surface area contributed by atoms with E-state index in [-0.39, 0.29) is 24.0 Å². The van der Waals surface area contributed by atoms with Gasteiger partial charge in [0.2, 0.25) is 11.8 Å². The first-order valence-corrected chi connectivity index (χ1v) is 8.41. The third kappa shape index (κ3) is 2.56. The van der Waals surface area contributed by atoms with Crippen LogP contribution in [0.25, 0.3) is 0 Å². The van der Waals surface area contributed by atoms with E-state index >= 15 is 0 Å². The van der Waals surface area contributed by atoms with Gasteiger partial charge in [-0.1, -0.05) is 26.2 Å². The Labute approximate surface area is 126 Å². The molecule has 2 unspecified atom stereocenters. The second kappa shape index (κ2) is 5.95. The predicted octanol–water partition coefficient (Wildman–Crippen LogP) is 1.61. The van der Waals surface area contributed by atoms with Crippen LogP contribution in [0, 0.1) is 0 Å². The van der Waals surface area contributed by atoms with Crippen LogP contribution >= 0.6 is 0 Å². The van der Waals surface area contributed by atoms with E-state index in [2.05, 4.69) is 5.32 Å². The number of nitrogens with zero attached hydrogens (tertiary/aromatic N) is 1. The summed E-state index contributed by atoms with van der Waals surface area (Å²) < 4.78 is 5.72. The summed E-state index contributed by atoms with van der Waals surface area (Å²) in [5, 5.41) is 2.96. The molecule has 0 aromatic carbocycles. The molecule has 0 aromatic heterocycles. The monoisotopic (exact) mass is 294 g/mol. The molecule has 2 atom stereocenters. The zero-order valence-electron chi connectivity index (χ0n) is 12.9. The minimum Gasteiger partial charge on any atom is -0.376 e. The molecule has 0 aromatic rings. The SMILES string of the molecule is CCC1NC(=O)C2(CCCCC2)N(CC2CCCO2)C1=O. The third-order valence-corrected chi connectivity index (χ3v) is 5.31. The van der Waals surface area contributed by atoms with Gasteiger partial charge in [0.1, 0.15) is 11.6 Å². The Morgan fingerprint density at radius 2 is 2.00 bits per heavy atom. The Balaban J connectivity index is 1.86. The molecule has 2 heterocycles. The summed E-state index contributed by atoms with van der Waals surface area (Å²) in [6, 6.07) is -0.355. The van der Waals surface area contributed by atoms with Crippen LogP contribution < -0.4 is 5.32 Å². The van der Waals surface area contributed by atoms with Gasteiger partial charge in [-0.25, -0.2) is 0 Å². The summed E-state index contributed by atoms with van der Waals surface area (Å²) in [5.41, 5.74) is -0.604. The molecule has 3 fully saturated rings. The van der Waals surface area contributed by atoms with Crippen molar-refractivity contribution < 1.29 is 14.3 Å². The highest BCUT2D eigenvalue weighted by Crippen LogP contribution is 2.37.